The number of hydrogen-bond acceptors (Lipinski definition) is 7. The molecular formula is C18H16N4O5. The molecule has 0 saturated carbocycles. The highest BCUT2D eigenvalue weighted by Crippen LogP contribution is 2.22. The fourth-order valence-corrected chi connectivity index (χ4v) is 2.52. The highest BCUT2D eigenvalue weighted by molar-refractivity contribution is 6.22. The third-order valence-electron chi connectivity index (χ3n) is 3.86. The zero-order chi connectivity index (χ0) is 19.8. The maximum absolute atomic E-state index is 12.2. The van der Waals surface area contributed by atoms with Crippen LogP contribution in [0.4, 0.5) is 0 Å². The summed E-state index contributed by atoms with van der Waals surface area (Å²) in [7, 11) is 0. The number of amides is 3. The molecule has 3 amide bonds. The van der Waals surface area contributed by atoms with E-state index in [-0.39, 0.29) is 37.1 Å². The Hall–Kier alpha value is -3.72. The van der Waals surface area contributed by atoms with Crippen molar-refractivity contribution in [2.24, 2.45) is 0 Å². The first-order valence-corrected chi connectivity index (χ1v) is 8.12. The van der Waals surface area contributed by atoms with Gasteiger partial charge in [0, 0.05) is 13.1 Å². The van der Waals surface area contributed by atoms with Gasteiger partial charge in [0.15, 0.2) is 6.61 Å². The molecule has 138 valence electrons. The number of imide groups is 1. The predicted molar refractivity (Wildman–Crippen MR) is 89.8 cm³/mol. The third kappa shape index (κ3) is 4.67. The number of carbonyl (C=O) groups is 4. The number of rotatable bonds is 8. The molecule has 0 N–H and O–H groups in total. The second-order valence-corrected chi connectivity index (χ2v) is 5.60. The maximum atomic E-state index is 12.2. The van der Waals surface area contributed by atoms with E-state index in [1.807, 2.05) is 12.1 Å². The molecule has 0 unspecified atom stereocenters. The molecule has 0 atom stereocenters. The first kappa shape index (κ1) is 19.6. The topological polar surface area (TPSA) is 132 Å². The molecule has 0 fully saturated rings. The van der Waals surface area contributed by atoms with Crippen molar-refractivity contribution in [2.75, 3.05) is 26.2 Å². The number of hydrogen-bond donors (Lipinski definition) is 0. The van der Waals surface area contributed by atoms with E-state index in [0.717, 1.165) is 4.90 Å². The average molecular weight is 368 g/mol. The lowest BCUT2D eigenvalue weighted by molar-refractivity contribution is -0.152. The molecule has 27 heavy (non-hydrogen) atoms. The second-order valence-electron chi connectivity index (χ2n) is 5.60. The minimum Gasteiger partial charge on any atom is -0.454 e. The van der Waals surface area contributed by atoms with Gasteiger partial charge in [0.05, 0.1) is 36.1 Å². The van der Waals surface area contributed by atoms with Crippen LogP contribution in [-0.4, -0.2) is 59.7 Å². The van der Waals surface area contributed by atoms with Gasteiger partial charge in [0.25, 0.3) is 17.7 Å². The minimum atomic E-state index is -0.904. The zero-order valence-electron chi connectivity index (χ0n) is 14.4. The summed E-state index contributed by atoms with van der Waals surface area (Å²) in [6, 6.07) is 10.0. The van der Waals surface area contributed by atoms with Crippen molar-refractivity contribution in [1.29, 1.82) is 10.5 Å². The number of nitrogens with zero attached hydrogens (tertiary/aromatic N) is 4. The molecule has 0 saturated heterocycles. The van der Waals surface area contributed by atoms with Gasteiger partial charge in [-0.25, -0.2) is 0 Å². The summed E-state index contributed by atoms with van der Waals surface area (Å²) in [4.78, 5) is 50.4. The molecule has 1 heterocycles. The lowest BCUT2D eigenvalue weighted by atomic mass is 10.1. The SMILES string of the molecule is N#CCCN(CCC#N)C(=O)COC(=O)CN1C(=O)c2ccccc2C1=O. The number of nitriles is 2. The highest BCUT2D eigenvalue weighted by atomic mass is 16.5. The van der Waals surface area contributed by atoms with Gasteiger partial charge in [0.1, 0.15) is 6.54 Å². The second kappa shape index (κ2) is 9.11. The summed E-state index contributed by atoms with van der Waals surface area (Å²) in [5.74, 6) is -2.65. The van der Waals surface area contributed by atoms with E-state index in [1.165, 1.54) is 17.0 Å². The number of fused-ring (bicyclic) bond motifs is 1. The van der Waals surface area contributed by atoms with Crippen LogP contribution in [0.5, 0.6) is 0 Å². The molecule has 0 bridgehead atoms. The van der Waals surface area contributed by atoms with Gasteiger partial charge < -0.3 is 9.64 Å². The van der Waals surface area contributed by atoms with Crippen molar-refractivity contribution in [3.05, 3.63) is 35.4 Å². The van der Waals surface area contributed by atoms with Crippen molar-refractivity contribution in [3.63, 3.8) is 0 Å². The van der Waals surface area contributed by atoms with Gasteiger partial charge in [-0.2, -0.15) is 10.5 Å². The van der Waals surface area contributed by atoms with Crippen LogP contribution in [0.2, 0.25) is 0 Å². The van der Waals surface area contributed by atoms with Crippen LogP contribution in [0.15, 0.2) is 24.3 Å². The molecule has 1 aromatic rings. The Morgan fingerprint density at radius 2 is 1.52 bits per heavy atom. The van der Waals surface area contributed by atoms with E-state index >= 15 is 0 Å². The van der Waals surface area contributed by atoms with Crippen molar-refractivity contribution in [3.8, 4) is 12.1 Å². The van der Waals surface area contributed by atoms with Crippen LogP contribution in [0.3, 0.4) is 0 Å². The van der Waals surface area contributed by atoms with Crippen LogP contribution in [0.25, 0.3) is 0 Å². The smallest absolute Gasteiger partial charge is 0.326 e. The van der Waals surface area contributed by atoms with E-state index in [2.05, 4.69) is 0 Å². The van der Waals surface area contributed by atoms with Gasteiger partial charge in [-0.1, -0.05) is 12.1 Å². The van der Waals surface area contributed by atoms with E-state index in [4.69, 9.17) is 15.3 Å². The van der Waals surface area contributed by atoms with E-state index < -0.39 is 36.8 Å². The molecule has 2 rings (SSSR count). The Balaban J connectivity index is 1.90. The number of ether oxygens (including phenoxy) is 1. The van der Waals surface area contributed by atoms with Crippen molar-refractivity contribution in [2.45, 2.75) is 12.8 Å². The summed E-state index contributed by atoms with van der Waals surface area (Å²) < 4.78 is 4.86. The summed E-state index contributed by atoms with van der Waals surface area (Å²) >= 11 is 0. The zero-order valence-corrected chi connectivity index (χ0v) is 14.4. The first-order chi connectivity index (χ1) is 13.0. The molecular weight excluding hydrogens is 352 g/mol. The van der Waals surface area contributed by atoms with Gasteiger partial charge in [-0.15, -0.1) is 0 Å². The molecule has 0 radical (unpaired) electrons. The molecule has 0 spiro atoms. The average Bonchev–Trinajstić information content (AvgIpc) is 2.91. The van der Waals surface area contributed by atoms with E-state index in [0.29, 0.717) is 0 Å². The van der Waals surface area contributed by atoms with E-state index in [1.54, 1.807) is 12.1 Å². The maximum Gasteiger partial charge on any atom is 0.326 e. The quantitative estimate of drug-likeness (QED) is 0.481. The number of esters is 1. The lowest BCUT2D eigenvalue weighted by Crippen LogP contribution is -2.39. The molecule has 1 aliphatic rings. The fourth-order valence-electron chi connectivity index (χ4n) is 2.52. The fraction of sp³-hybridized carbons (Fsp3) is 0.333. The van der Waals surface area contributed by atoms with Crippen molar-refractivity contribution >= 4 is 23.7 Å². The Bertz CT molecular complexity index is 799. The molecule has 9 nitrogen and oxygen atoms in total. The van der Waals surface area contributed by atoms with Crippen molar-refractivity contribution < 1.29 is 23.9 Å². The number of benzene rings is 1. The molecule has 0 aliphatic carbocycles. The van der Waals surface area contributed by atoms with Crippen LogP contribution >= 0.6 is 0 Å². The van der Waals surface area contributed by atoms with Gasteiger partial charge >= 0.3 is 5.97 Å². The highest BCUT2D eigenvalue weighted by Gasteiger charge is 2.36. The van der Waals surface area contributed by atoms with Crippen LogP contribution in [0.1, 0.15) is 33.6 Å². The monoisotopic (exact) mass is 368 g/mol. The summed E-state index contributed by atoms with van der Waals surface area (Å²) in [6.45, 7) is -0.963. The van der Waals surface area contributed by atoms with Crippen LogP contribution < -0.4 is 0 Å². The summed E-state index contributed by atoms with van der Waals surface area (Å²) in [6.07, 6.45) is 0.167. The van der Waals surface area contributed by atoms with Crippen LogP contribution in [0, 0.1) is 22.7 Å². The Morgan fingerprint density at radius 3 is 2.00 bits per heavy atom. The van der Waals surface area contributed by atoms with Gasteiger partial charge in [0.2, 0.25) is 0 Å². The Morgan fingerprint density at radius 1 is 1.00 bits per heavy atom. The lowest BCUT2D eigenvalue weighted by Gasteiger charge is -2.20. The largest absolute Gasteiger partial charge is 0.454 e. The van der Waals surface area contributed by atoms with Crippen LogP contribution in [-0.2, 0) is 14.3 Å². The van der Waals surface area contributed by atoms with Gasteiger partial charge in [-0.3, -0.25) is 24.1 Å². The molecule has 1 aliphatic heterocycles. The Kier molecular flexibility index (Phi) is 6.61. The molecule has 9 heteroatoms. The predicted octanol–water partition coefficient (Wildman–Crippen LogP) is 0.482. The standard InChI is InChI=1S/C18H16N4O5/c19-7-3-9-21(10-4-8-20)15(23)12-27-16(24)11-22-17(25)13-5-1-2-6-14(13)18(22)26/h1-2,5-6H,3-4,9-12H2. The molecule has 1 aromatic carbocycles. The summed E-state index contributed by atoms with van der Waals surface area (Å²) in [5, 5.41) is 17.2. The number of carbonyl (C=O) groups excluding carboxylic acids is 4. The van der Waals surface area contributed by atoms with Gasteiger partial charge in [-0.05, 0) is 12.1 Å². The molecule has 0 aromatic heterocycles. The van der Waals surface area contributed by atoms with Crippen molar-refractivity contribution in [1.82, 2.24) is 9.80 Å². The van der Waals surface area contributed by atoms with E-state index in [9.17, 15) is 19.2 Å². The Labute approximate surface area is 155 Å². The normalized spacial score (nSPS) is 12.1. The third-order valence-corrected chi connectivity index (χ3v) is 3.86. The summed E-state index contributed by atoms with van der Waals surface area (Å²) in [5.41, 5.74) is 0.427. The minimum absolute atomic E-state index is 0.0835. The first-order valence-electron chi connectivity index (χ1n) is 8.12.